The van der Waals surface area contributed by atoms with Crippen LogP contribution < -0.4 is 10.1 Å². The third-order valence-electron chi connectivity index (χ3n) is 5.58. The van der Waals surface area contributed by atoms with E-state index >= 15 is 0 Å². The van der Waals surface area contributed by atoms with E-state index < -0.39 is 5.60 Å². The number of ether oxygens (including phenoxy) is 2. The monoisotopic (exact) mass is 275 g/mol. The summed E-state index contributed by atoms with van der Waals surface area (Å²) in [4.78, 5) is 0. The molecule has 3 aliphatic rings. The highest BCUT2D eigenvalue weighted by atomic mass is 16.5. The SMILES string of the molecule is COc1ccc2c(c1)[C@]13CCN[C@H](C2)[C@]1(O)CCOC3. The molecule has 4 heteroatoms. The minimum absolute atomic E-state index is 0.140. The predicted molar refractivity (Wildman–Crippen MR) is 75.2 cm³/mol. The van der Waals surface area contributed by atoms with Crippen LogP contribution in [0, 0.1) is 0 Å². The van der Waals surface area contributed by atoms with Gasteiger partial charge in [0.05, 0.1) is 24.7 Å². The van der Waals surface area contributed by atoms with Gasteiger partial charge in [-0.1, -0.05) is 6.07 Å². The van der Waals surface area contributed by atoms with E-state index in [1.54, 1.807) is 7.11 Å². The molecule has 0 amide bonds. The smallest absolute Gasteiger partial charge is 0.119 e. The van der Waals surface area contributed by atoms with E-state index in [4.69, 9.17) is 9.47 Å². The van der Waals surface area contributed by atoms with Crippen molar-refractivity contribution in [3.8, 4) is 5.75 Å². The molecule has 0 unspecified atom stereocenters. The average Bonchev–Trinajstić information content (AvgIpc) is 2.46. The predicted octanol–water partition coefficient (Wildman–Crippen LogP) is 1.00. The molecule has 1 aliphatic carbocycles. The maximum absolute atomic E-state index is 11.4. The van der Waals surface area contributed by atoms with Crippen LogP contribution in [0.5, 0.6) is 5.75 Å². The minimum Gasteiger partial charge on any atom is -0.497 e. The number of rotatable bonds is 1. The maximum atomic E-state index is 11.4. The van der Waals surface area contributed by atoms with Gasteiger partial charge in [-0.3, -0.25) is 0 Å². The summed E-state index contributed by atoms with van der Waals surface area (Å²) in [5.41, 5.74) is 1.58. The second-order valence-corrected chi connectivity index (χ2v) is 6.29. The Hall–Kier alpha value is -1.10. The van der Waals surface area contributed by atoms with Crippen LogP contribution in [0.3, 0.4) is 0 Å². The van der Waals surface area contributed by atoms with E-state index in [2.05, 4.69) is 17.4 Å². The molecule has 2 fully saturated rings. The lowest BCUT2D eigenvalue weighted by molar-refractivity contribution is -0.171. The minimum atomic E-state index is -0.692. The molecule has 20 heavy (non-hydrogen) atoms. The van der Waals surface area contributed by atoms with E-state index in [-0.39, 0.29) is 11.5 Å². The molecule has 2 heterocycles. The van der Waals surface area contributed by atoms with Crippen LogP contribution >= 0.6 is 0 Å². The number of aliphatic hydroxyl groups is 1. The van der Waals surface area contributed by atoms with Crippen LogP contribution in [0.4, 0.5) is 0 Å². The summed E-state index contributed by atoms with van der Waals surface area (Å²) in [7, 11) is 1.69. The van der Waals surface area contributed by atoms with E-state index in [0.29, 0.717) is 19.6 Å². The molecule has 0 saturated carbocycles. The fourth-order valence-electron chi connectivity index (χ4n) is 4.48. The van der Waals surface area contributed by atoms with Gasteiger partial charge < -0.3 is 19.9 Å². The van der Waals surface area contributed by atoms with E-state index in [1.807, 2.05) is 6.07 Å². The Balaban J connectivity index is 1.93. The molecule has 0 spiro atoms. The topological polar surface area (TPSA) is 50.7 Å². The van der Waals surface area contributed by atoms with E-state index in [1.165, 1.54) is 11.1 Å². The molecule has 1 aromatic carbocycles. The quantitative estimate of drug-likeness (QED) is 0.803. The van der Waals surface area contributed by atoms with Gasteiger partial charge in [-0.05, 0) is 42.6 Å². The van der Waals surface area contributed by atoms with Crippen molar-refractivity contribution >= 4 is 0 Å². The molecule has 108 valence electrons. The van der Waals surface area contributed by atoms with Gasteiger partial charge in [0.15, 0.2) is 0 Å². The van der Waals surface area contributed by atoms with Gasteiger partial charge in [-0.15, -0.1) is 0 Å². The van der Waals surface area contributed by atoms with Crippen molar-refractivity contribution in [2.24, 2.45) is 0 Å². The summed E-state index contributed by atoms with van der Waals surface area (Å²) in [6.45, 7) is 2.20. The molecule has 2 N–H and O–H groups in total. The molecule has 4 nitrogen and oxygen atoms in total. The normalized spacial score (nSPS) is 38.8. The van der Waals surface area contributed by atoms with Crippen molar-refractivity contribution in [2.45, 2.75) is 36.3 Å². The zero-order valence-electron chi connectivity index (χ0n) is 11.8. The number of hydrogen-bond acceptors (Lipinski definition) is 4. The van der Waals surface area contributed by atoms with Gasteiger partial charge in [-0.25, -0.2) is 0 Å². The van der Waals surface area contributed by atoms with Crippen molar-refractivity contribution in [3.05, 3.63) is 29.3 Å². The summed E-state index contributed by atoms with van der Waals surface area (Å²) in [5.74, 6) is 0.864. The first-order valence-electron chi connectivity index (χ1n) is 7.40. The second kappa shape index (κ2) is 4.20. The molecule has 4 rings (SSSR count). The molecular weight excluding hydrogens is 254 g/mol. The summed E-state index contributed by atoms with van der Waals surface area (Å²) >= 11 is 0. The Kier molecular flexibility index (Phi) is 2.65. The highest BCUT2D eigenvalue weighted by Gasteiger charge is 2.62. The van der Waals surface area contributed by atoms with Crippen molar-refractivity contribution in [1.82, 2.24) is 5.32 Å². The molecule has 2 aliphatic heterocycles. The number of hydrogen-bond donors (Lipinski definition) is 2. The fourth-order valence-corrected chi connectivity index (χ4v) is 4.48. The molecule has 2 bridgehead atoms. The molecule has 2 saturated heterocycles. The van der Waals surface area contributed by atoms with Gasteiger partial charge in [0.25, 0.3) is 0 Å². The van der Waals surface area contributed by atoms with Gasteiger partial charge >= 0.3 is 0 Å². The van der Waals surface area contributed by atoms with Crippen LogP contribution in [0.2, 0.25) is 0 Å². The molecule has 3 atom stereocenters. The summed E-state index contributed by atoms with van der Waals surface area (Å²) in [5, 5.41) is 14.9. The van der Waals surface area contributed by atoms with E-state index in [9.17, 15) is 5.11 Å². The third kappa shape index (κ3) is 1.42. The van der Waals surface area contributed by atoms with Gasteiger partial charge in [-0.2, -0.15) is 0 Å². The zero-order chi connectivity index (χ0) is 13.8. The first-order chi connectivity index (χ1) is 9.69. The summed E-state index contributed by atoms with van der Waals surface area (Å²) in [6.07, 6.45) is 2.51. The first-order valence-corrected chi connectivity index (χ1v) is 7.40. The summed E-state index contributed by atoms with van der Waals surface area (Å²) in [6, 6.07) is 6.40. The maximum Gasteiger partial charge on any atom is 0.119 e. The lowest BCUT2D eigenvalue weighted by Crippen LogP contribution is -2.73. The number of methoxy groups -OCH3 is 1. The van der Waals surface area contributed by atoms with Crippen molar-refractivity contribution in [3.63, 3.8) is 0 Å². The Bertz CT molecular complexity index is 543. The van der Waals surface area contributed by atoms with Crippen LogP contribution in [0.15, 0.2) is 18.2 Å². The van der Waals surface area contributed by atoms with Gasteiger partial charge in [0, 0.05) is 19.1 Å². The van der Waals surface area contributed by atoms with Crippen LogP contribution in [-0.4, -0.2) is 43.6 Å². The van der Waals surface area contributed by atoms with Crippen molar-refractivity contribution in [2.75, 3.05) is 26.9 Å². The molecular formula is C16H21NO3. The Labute approximate surface area is 119 Å². The highest BCUT2D eigenvalue weighted by molar-refractivity contribution is 5.48. The molecule has 0 aromatic heterocycles. The Morgan fingerprint density at radius 2 is 2.30 bits per heavy atom. The van der Waals surface area contributed by atoms with Gasteiger partial charge in [0.1, 0.15) is 5.75 Å². The fraction of sp³-hybridized carbons (Fsp3) is 0.625. The van der Waals surface area contributed by atoms with Crippen molar-refractivity contribution in [1.29, 1.82) is 0 Å². The lowest BCUT2D eigenvalue weighted by Gasteiger charge is -2.60. The van der Waals surface area contributed by atoms with Gasteiger partial charge in [0.2, 0.25) is 0 Å². The average molecular weight is 275 g/mol. The first kappa shape index (κ1) is 12.6. The van der Waals surface area contributed by atoms with Crippen LogP contribution in [0.1, 0.15) is 24.0 Å². The standard InChI is InChI=1S/C16H21NO3/c1-19-12-3-2-11-8-14-16(18)5-7-20-10-15(16,4-6-17-14)13(11)9-12/h2-3,9,14,17-18H,4-8,10H2,1H3/t14-,15-,16-/m1/s1. The lowest BCUT2D eigenvalue weighted by atomic mass is 9.53. The molecule has 0 radical (unpaired) electrons. The summed E-state index contributed by atoms with van der Waals surface area (Å²) < 4.78 is 11.2. The number of piperidine rings is 1. The Morgan fingerprint density at radius 3 is 3.15 bits per heavy atom. The Morgan fingerprint density at radius 1 is 1.40 bits per heavy atom. The second-order valence-electron chi connectivity index (χ2n) is 6.29. The number of fused-ring (bicyclic) bond motifs is 1. The number of nitrogens with one attached hydrogen (secondary N) is 1. The van der Waals surface area contributed by atoms with Crippen LogP contribution in [0.25, 0.3) is 0 Å². The van der Waals surface area contributed by atoms with Crippen LogP contribution in [-0.2, 0) is 16.6 Å². The largest absolute Gasteiger partial charge is 0.497 e. The molecule has 1 aromatic rings. The zero-order valence-corrected chi connectivity index (χ0v) is 11.8. The number of benzene rings is 1. The van der Waals surface area contributed by atoms with E-state index in [0.717, 1.165) is 25.1 Å². The van der Waals surface area contributed by atoms with Crippen molar-refractivity contribution < 1.29 is 14.6 Å². The third-order valence-corrected chi connectivity index (χ3v) is 5.58. The highest BCUT2D eigenvalue weighted by Crippen LogP contribution is 2.53.